The lowest BCUT2D eigenvalue weighted by molar-refractivity contribution is 0.660. The van der Waals surface area contributed by atoms with Crippen LogP contribution in [-0.4, -0.2) is 4.40 Å². The van der Waals surface area contributed by atoms with Gasteiger partial charge in [-0.3, -0.25) is 0 Å². The Morgan fingerprint density at radius 3 is 1.83 bits per heavy atom. The molecule has 13 rings (SSSR count). The molecule has 282 valence electrons. The number of aromatic nitrogens is 1. The van der Waals surface area contributed by atoms with Gasteiger partial charge >= 0.3 is 0 Å². The number of anilines is 3. The summed E-state index contributed by atoms with van der Waals surface area (Å²) in [7, 11) is 0. The number of fused-ring (bicyclic) bond motifs is 12. The van der Waals surface area contributed by atoms with E-state index in [0.717, 1.165) is 50.1 Å². The van der Waals surface area contributed by atoms with Crippen molar-refractivity contribution in [1.29, 1.82) is 0 Å². The van der Waals surface area contributed by atoms with E-state index in [1.807, 2.05) is 12.1 Å². The molecule has 3 heteroatoms. The van der Waals surface area contributed by atoms with E-state index >= 15 is 0 Å². The average molecular weight is 767 g/mol. The third-order valence-corrected chi connectivity index (χ3v) is 13.3. The molecule has 0 saturated heterocycles. The maximum absolute atomic E-state index is 6.17. The molecule has 60 heavy (non-hydrogen) atoms. The summed E-state index contributed by atoms with van der Waals surface area (Å²) in [6.45, 7) is 4.70. The van der Waals surface area contributed by atoms with Crippen LogP contribution >= 0.6 is 0 Å². The van der Waals surface area contributed by atoms with Gasteiger partial charge in [0.05, 0.1) is 22.2 Å². The van der Waals surface area contributed by atoms with Crippen LogP contribution in [0.5, 0.6) is 0 Å². The largest absolute Gasteiger partial charge is 0.456 e. The fourth-order valence-electron chi connectivity index (χ4n) is 10.6. The SMILES string of the molecule is CC1(C)c2ccccc2-c2c(-c3ccc(N(c4ccc(-c5ccc6oc7ccccc7c6c5)cc4)c4ccc5c6ccccc6n6c7ccccc7c4c56)cc3)cccc21. The van der Waals surface area contributed by atoms with Gasteiger partial charge in [0.2, 0.25) is 0 Å². The Balaban J connectivity index is 0.999. The van der Waals surface area contributed by atoms with Gasteiger partial charge in [-0.15, -0.1) is 0 Å². The van der Waals surface area contributed by atoms with Gasteiger partial charge in [-0.05, 0) is 105 Å². The molecule has 0 unspecified atom stereocenters. The standard InChI is InChI=1S/C57H38N2O/c1-57(2)47-17-7-3-14-44(47)54-40(16-11-18-48(54)57)36-24-29-39(30-25-36)58(38-27-22-35(23-28-38)37-26-33-53-46(34-37)42-13-6-10-21-52(42)60-53)51-32-31-43-41-12-4-8-19-49(41)59-50-20-9-5-15-45(50)55(51)56(43)59/h3-34H,1-2H3. The minimum absolute atomic E-state index is 0.0526. The average Bonchev–Trinajstić information content (AvgIpc) is 4.02. The molecular weight excluding hydrogens is 729 g/mol. The van der Waals surface area contributed by atoms with Gasteiger partial charge < -0.3 is 13.7 Å². The van der Waals surface area contributed by atoms with E-state index in [-0.39, 0.29) is 5.41 Å². The van der Waals surface area contributed by atoms with Crippen LogP contribution in [0.15, 0.2) is 199 Å². The van der Waals surface area contributed by atoms with E-state index in [1.54, 1.807) is 0 Å². The smallest absolute Gasteiger partial charge is 0.135 e. The second-order valence-electron chi connectivity index (χ2n) is 16.9. The highest BCUT2D eigenvalue weighted by molar-refractivity contribution is 6.27. The quantitative estimate of drug-likeness (QED) is 0.174. The van der Waals surface area contributed by atoms with Crippen LogP contribution in [0.4, 0.5) is 17.1 Å². The molecule has 0 amide bonds. The first kappa shape index (κ1) is 33.4. The number of hydrogen-bond donors (Lipinski definition) is 0. The van der Waals surface area contributed by atoms with Crippen molar-refractivity contribution < 1.29 is 4.42 Å². The van der Waals surface area contributed by atoms with Crippen molar-refractivity contribution in [2.75, 3.05) is 4.90 Å². The molecule has 0 fully saturated rings. The highest BCUT2D eigenvalue weighted by Crippen LogP contribution is 2.53. The van der Waals surface area contributed by atoms with Crippen molar-refractivity contribution in [2.24, 2.45) is 0 Å². The highest BCUT2D eigenvalue weighted by Gasteiger charge is 2.36. The van der Waals surface area contributed by atoms with Crippen LogP contribution in [-0.2, 0) is 5.41 Å². The first-order valence-corrected chi connectivity index (χ1v) is 20.8. The Morgan fingerprint density at radius 1 is 0.433 bits per heavy atom. The number of benzene rings is 9. The van der Waals surface area contributed by atoms with Gasteiger partial charge in [0.1, 0.15) is 11.2 Å². The first-order valence-electron chi connectivity index (χ1n) is 20.8. The lowest BCUT2D eigenvalue weighted by Gasteiger charge is -2.27. The molecular formula is C57H38N2O. The summed E-state index contributed by atoms with van der Waals surface area (Å²) < 4.78 is 8.63. The maximum atomic E-state index is 6.17. The van der Waals surface area contributed by atoms with Crippen molar-refractivity contribution >= 4 is 77.1 Å². The lowest BCUT2D eigenvalue weighted by atomic mass is 9.82. The molecule has 12 aromatic rings. The van der Waals surface area contributed by atoms with E-state index in [0.29, 0.717) is 0 Å². The van der Waals surface area contributed by atoms with E-state index in [1.165, 1.54) is 71.5 Å². The molecule has 0 aliphatic heterocycles. The van der Waals surface area contributed by atoms with Crippen molar-refractivity contribution in [3.8, 4) is 33.4 Å². The van der Waals surface area contributed by atoms with Gasteiger partial charge in [0.25, 0.3) is 0 Å². The molecule has 0 spiro atoms. The fourth-order valence-corrected chi connectivity index (χ4v) is 10.6. The Morgan fingerprint density at radius 2 is 1.03 bits per heavy atom. The maximum Gasteiger partial charge on any atom is 0.135 e. The summed E-state index contributed by atoms with van der Waals surface area (Å²) in [4.78, 5) is 2.45. The molecule has 1 aliphatic carbocycles. The molecule has 0 radical (unpaired) electrons. The second kappa shape index (κ2) is 12.2. The summed E-state index contributed by atoms with van der Waals surface area (Å²) in [5.74, 6) is 0. The number of rotatable bonds is 5. The molecule has 0 bridgehead atoms. The Bertz CT molecular complexity index is 3680. The predicted molar refractivity (Wildman–Crippen MR) is 251 cm³/mol. The fraction of sp³-hybridized carbons (Fsp3) is 0.0526. The summed E-state index contributed by atoms with van der Waals surface area (Å²) in [6, 6.07) is 71.2. The van der Waals surface area contributed by atoms with Gasteiger partial charge in [0, 0.05) is 49.1 Å². The van der Waals surface area contributed by atoms with Gasteiger partial charge in [-0.2, -0.15) is 0 Å². The van der Waals surface area contributed by atoms with Gasteiger partial charge in [-0.1, -0.05) is 147 Å². The van der Waals surface area contributed by atoms with Crippen LogP contribution in [0, 0.1) is 0 Å². The molecule has 0 atom stereocenters. The van der Waals surface area contributed by atoms with Crippen molar-refractivity contribution in [2.45, 2.75) is 19.3 Å². The molecule has 3 nitrogen and oxygen atoms in total. The Hall–Kier alpha value is -7.62. The van der Waals surface area contributed by atoms with E-state index in [9.17, 15) is 0 Å². The van der Waals surface area contributed by atoms with Crippen LogP contribution in [0.1, 0.15) is 25.0 Å². The monoisotopic (exact) mass is 766 g/mol. The van der Waals surface area contributed by atoms with Crippen molar-refractivity contribution in [3.63, 3.8) is 0 Å². The summed E-state index contributed by atoms with van der Waals surface area (Å²) in [5, 5.41) is 7.32. The highest BCUT2D eigenvalue weighted by atomic mass is 16.3. The summed E-state index contributed by atoms with van der Waals surface area (Å²) in [6.07, 6.45) is 0. The number of furan rings is 1. The normalized spacial score (nSPS) is 13.3. The first-order chi connectivity index (χ1) is 29.5. The molecule has 3 heterocycles. The van der Waals surface area contributed by atoms with Crippen LogP contribution in [0.2, 0.25) is 0 Å². The molecule has 9 aromatic carbocycles. The van der Waals surface area contributed by atoms with Crippen LogP contribution in [0.3, 0.4) is 0 Å². The predicted octanol–water partition coefficient (Wildman–Crippen LogP) is 15.8. The molecule has 1 aliphatic rings. The zero-order chi connectivity index (χ0) is 39.7. The summed E-state index contributed by atoms with van der Waals surface area (Å²) in [5.41, 5.74) is 19.1. The Kier molecular flexibility index (Phi) is 6.78. The van der Waals surface area contributed by atoms with Crippen molar-refractivity contribution in [1.82, 2.24) is 4.40 Å². The molecule has 0 N–H and O–H groups in total. The van der Waals surface area contributed by atoms with Crippen molar-refractivity contribution in [3.05, 3.63) is 205 Å². The van der Waals surface area contributed by atoms with Gasteiger partial charge in [-0.25, -0.2) is 0 Å². The zero-order valence-electron chi connectivity index (χ0n) is 33.3. The number of nitrogens with zero attached hydrogens (tertiary/aromatic N) is 2. The Labute approximate surface area is 347 Å². The van der Waals surface area contributed by atoms with E-state index in [4.69, 9.17) is 4.42 Å². The number of hydrogen-bond acceptors (Lipinski definition) is 2. The van der Waals surface area contributed by atoms with E-state index in [2.05, 4.69) is 205 Å². The molecule has 0 saturated carbocycles. The lowest BCUT2D eigenvalue weighted by Crippen LogP contribution is -2.14. The minimum Gasteiger partial charge on any atom is -0.456 e. The van der Waals surface area contributed by atoms with E-state index < -0.39 is 0 Å². The number of para-hydroxylation sites is 3. The second-order valence-corrected chi connectivity index (χ2v) is 16.9. The van der Waals surface area contributed by atoms with Gasteiger partial charge in [0.15, 0.2) is 0 Å². The third-order valence-electron chi connectivity index (χ3n) is 13.3. The molecule has 3 aromatic heterocycles. The minimum atomic E-state index is -0.0526. The zero-order valence-corrected chi connectivity index (χ0v) is 33.3. The topological polar surface area (TPSA) is 20.8 Å². The van der Waals surface area contributed by atoms with Crippen LogP contribution < -0.4 is 4.90 Å². The van der Waals surface area contributed by atoms with Crippen LogP contribution in [0.25, 0.3) is 93.4 Å². The summed E-state index contributed by atoms with van der Waals surface area (Å²) >= 11 is 0. The third kappa shape index (κ3) is 4.55.